The lowest BCUT2D eigenvalue weighted by Crippen LogP contribution is -2.31. The fourth-order valence-corrected chi connectivity index (χ4v) is 2.94. The molecule has 1 saturated heterocycles. The van der Waals surface area contributed by atoms with Crippen molar-refractivity contribution in [2.24, 2.45) is 11.8 Å². The Bertz CT molecular complexity index is 543. The third kappa shape index (κ3) is 2.40. The molecule has 20 heavy (non-hydrogen) atoms. The fraction of sp³-hybridized carbons (Fsp3) is 0.467. The monoisotopic (exact) mass is 277 g/mol. The van der Waals surface area contributed by atoms with E-state index in [2.05, 4.69) is 0 Å². The van der Waals surface area contributed by atoms with Crippen molar-refractivity contribution in [3.8, 4) is 0 Å². The summed E-state index contributed by atoms with van der Waals surface area (Å²) in [5.74, 6) is -1.39. The smallest absolute Gasteiger partial charge is 0.308 e. The zero-order valence-corrected chi connectivity index (χ0v) is 11.0. The molecule has 3 unspecified atom stereocenters. The number of hydrogen-bond acceptors (Lipinski definition) is 2. The number of nitrogens with zero attached hydrogens (tertiary/aromatic N) is 1. The number of carbonyl (C=O) groups is 2. The summed E-state index contributed by atoms with van der Waals surface area (Å²) >= 11 is 0. The van der Waals surface area contributed by atoms with Gasteiger partial charge in [0.2, 0.25) is 5.91 Å². The summed E-state index contributed by atoms with van der Waals surface area (Å²) in [5.41, 5.74) is 0.985. The number of aliphatic carboxylic acids is 1. The Morgan fingerprint density at radius 1 is 1.25 bits per heavy atom. The van der Waals surface area contributed by atoms with Gasteiger partial charge >= 0.3 is 5.97 Å². The first kappa shape index (κ1) is 13.1. The molecule has 106 valence electrons. The van der Waals surface area contributed by atoms with Crippen LogP contribution in [-0.2, 0) is 9.59 Å². The minimum Gasteiger partial charge on any atom is -0.481 e. The third-order valence-corrected chi connectivity index (χ3v) is 4.25. The predicted molar refractivity (Wildman–Crippen MR) is 69.6 cm³/mol. The van der Waals surface area contributed by atoms with Crippen LogP contribution in [0.3, 0.4) is 0 Å². The van der Waals surface area contributed by atoms with E-state index in [1.807, 2.05) is 0 Å². The van der Waals surface area contributed by atoms with Gasteiger partial charge in [-0.1, -0.05) is 12.1 Å². The van der Waals surface area contributed by atoms with Crippen LogP contribution in [0.15, 0.2) is 24.3 Å². The Balaban J connectivity index is 1.61. The predicted octanol–water partition coefficient (Wildman–Crippen LogP) is 1.86. The van der Waals surface area contributed by atoms with Gasteiger partial charge in [-0.3, -0.25) is 9.59 Å². The quantitative estimate of drug-likeness (QED) is 0.917. The van der Waals surface area contributed by atoms with Gasteiger partial charge in [0.25, 0.3) is 0 Å². The average molecular weight is 277 g/mol. The van der Waals surface area contributed by atoms with Gasteiger partial charge < -0.3 is 10.0 Å². The molecular formula is C15H16FNO3. The van der Waals surface area contributed by atoms with Crippen LogP contribution in [0.5, 0.6) is 0 Å². The minimum atomic E-state index is -0.828. The Hall–Kier alpha value is -1.91. The van der Waals surface area contributed by atoms with Gasteiger partial charge in [-0.2, -0.15) is 0 Å². The molecule has 4 nitrogen and oxygen atoms in total. The number of halogens is 1. The van der Waals surface area contributed by atoms with Gasteiger partial charge in [0, 0.05) is 19.0 Å². The summed E-state index contributed by atoms with van der Waals surface area (Å²) in [4.78, 5) is 24.8. The van der Waals surface area contributed by atoms with Crippen LogP contribution >= 0.6 is 0 Å². The van der Waals surface area contributed by atoms with Crippen molar-refractivity contribution in [1.82, 2.24) is 4.90 Å². The zero-order chi connectivity index (χ0) is 14.3. The van der Waals surface area contributed by atoms with Crippen molar-refractivity contribution in [2.45, 2.75) is 18.8 Å². The van der Waals surface area contributed by atoms with Crippen LogP contribution in [0.4, 0.5) is 4.39 Å². The number of likely N-dealkylation sites (tertiary alicyclic amines) is 1. The lowest BCUT2D eigenvalue weighted by Gasteiger charge is -2.15. The maximum absolute atomic E-state index is 12.9. The van der Waals surface area contributed by atoms with Gasteiger partial charge in [-0.15, -0.1) is 0 Å². The molecule has 1 heterocycles. The Morgan fingerprint density at radius 3 is 2.55 bits per heavy atom. The van der Waals surface area contributed by atoms with Crippen LogP contribution < -0.4 is 0 Å². The summed E-state index contributed by atoms with van der Waals surface area (Å²) in [7, 11) is 0. The summed E-state index contributed by atoms with van der Waals surface area (Å²) in [6.45, 7) is 0.850. The van der Waals surface area contributed by atoms with Crippen molar-refractivity contribution in [3.63, 3.8) is 0 Å². The van der Waals surface area contributed by atoms with E-state index in [0.717, 1.165) is 12.0 Å². The lowest BCUT2D eigenvalue weighted by atomic mass is 10.1. The average Bonchev–Trinajstić information content (AvgIpc) is 3.06. The number of carboxylic acids is 1. The molecule has 5 heteroatoms. The first-order chi connectivity index (χ1) is 9.56. The zero-order valence-electron chi connectivity index (χ0n) is 11.0. The number of carboxylic acid groups (broad SMARTS) is 1. The maximum atomic E-state index is 12.9. The minimum absolute atomic E-state index is 0.0445. The molecule has 1 aliphatic carbocycles. The first-order valence-corrected chi connectivity index (χ1v) is 6.83. The molecule has 1 N–H and O–H groups in total. The molecule has 1 aliphatic heterocycles. The normalized spacial score (nSPS) is 28.4. The Labute approximate surface area is 116 Å². The number of amides is 1. The second-order valence-corrected chi connectivity index (χ2v) is 5.61. The van der Waals surface area contributed by atoms with E-state index >= 15 is 0 Å². The number of carbonyl (C=O) groups excluding carboxylic acids is 1. The molecule has 1 saturated carbocycles. The highest BCUT2D eigenvalue weighted by molar-refractivity contribution is 5.84. The summed E-state index contributed by atoms with van der Waals surface area (Å²) in [6.07, 6.45) is 1.31. The summed E-state index contributed by atoms with van der Waals surface area (Å²) < 4.78 is 12.9. The van der Waals surface area contributed by atoms with E-state index in [-0.39, 0.29) is 23.6 Å². The van der Waals surface area contributed by atoms with E-state index in [1.165, 1.54) is 12.1 Å². The molecule has 0 spiro atoms. The number of benzene rings is 1. The number of hydrogen-bond donors (Lipinski definition) is 1. The van der Waals surface area contributed by atoms with E-state index in [4.69, 9.17) is 5.11 Å². The highest BCUT2D eigenvalue weighted by Crippen LogP contribution is 2.48. The Morgan fingerprint density at radius 2 is 1.95 bits per heavy atom. The van der Waals surface area contributed by atoms with E-state index in [0.29, 0.717) is 19.5 Å². The molecule has 2 aliphatic rings. The van der Waals surface area contributed by atoms with Crippen molar-refractivity contribution in [3.05, 3.63) is 35.6 Å². The maximum Gasteiger partial charge on any atom is 0.308 e. The topological polar surface area (TPSA) is 57.6 Å². The van der Waals surface area contributed by atoms with Crippen LogP contribution in [0.25, 0.3) is 0 Å². The highest BCUT2D eigenvalue weighted by atomic mass is 19.1. The van der Waals surface area contributed by atoms with Crippen molar-refractivity contribution >= 4 is 11.9 Å². The highest BCUT2D eigenvalue weighted by Gasteiger charge is 2.47. The van der Waals surface area contributed by atoms with Crippen LogP contribution in [-0.4, -0.2) is 35.0 Å². The van der Waals surface area contributed by atoms with Gasteiger partial charge in [-0.25, -0.2) is 4.39 Å². The van der Waals surface area contributed by atoms with E-state index in [9.17, 15) is 14.0 Å². The van der Waals surface area contributed by atoms with Gasteiger partial charge in [0.05, 0.1) is 5.92 Å². The molecule has 0 bridgehead atoms. The van der Waals surface area contributed by atoms with Crippen molar-refractivity contribution < 1.29 is 19.1 Å². The van der Waals surface area contributed by atoms with Gasteiger partial charge in [0.1, 0.15) is 5.82 Å². The lowest BCUT2D eigenvalue weighted by molar-refractivity contribution is -0.141. The van der Waals surface area contributed by atoms with Crippen LogP contribution in [0, 0.1) is 17.7 Å². The molecule has 1 aromatic carbocycles. The molecular weight excluding hydrogens is 261 g/mol. The summed E-state index contributed by atoms with van der Waals surface area (Å²) in [6, 6.07) is 6.26. The van der Waals surface area contributed by atoms with E-state index in [1.54, 1.807) is 17.0 Å². The molecule has 1 amide bonds. The molecule has 0 aromatic heterocycles. The van der Waals surface area contributed by atoms with Crippen molar-refractivity contribution in [2.75, 3.05) is 13.1 Å². The summed E-state index contributed by atoms with van der Waals surface area (Å²) in [5, 5.41) is 8.95. The molecule has 0 radical (unpaired) electrons. The van der Waals surface area contributed by atoms with Gasteiger partial charge in [0.15, 0.2) is 0 Å². The van der Waals surface area contributed by atoms with Gasteiger partial charge in [-0.05, 0) is 36.5 Å². The van der Waals surface area contributed by atoms with Crippen LogP contribution in [0.2, 0.25) is 0 Å². The van der Waals surface area contributed by atoms with Crippen LogP contribution in [0.1, 0.15) is 24.3 Å². The standard InChI is InChI=1S/C15H16FNO3/c16-11-3-1-9(2-4-11)12-7-13(12)14(18)17-6-5-10(8-17)15(19)20/h1-4,10,12-13H,5-8H2,(H,19,20). The largest absolute Gasteiger partial charge is 0.481 e. The number of rotatable bonds is 3. The molecule has 2 fully saturated rings. The first-order valence-electron chi connectivity index (χ1n) is 6.83. The third-order valence-electron chi connectivity index (χ3n) is 4.25. The second kappa shape index (κ2) is 4.89. The Kier molecular flexibility index (Phi) is 3.20. The second-order valence-electron chi connectivity index (χ2n) is 5.61. The van der Waals surface area contributed by atoms with Crippen molar-refractivity contribution in [1.29, 1.82) is 0 Å². The SMILES string of the molecule is O=C(O)C1CCN(C(=O)C2CC2c2ccc(F)cc2)C1. The molecule has 1 aromatic rings. The molecule has 3 atom stereocenters. The fourth-order valence-electron chi connectivity index (χ4n) is 2.94. The molecule has 3 rings (SSSR count). The van der Waals surface area contributed by atoms with E-state index < -0.39 is 11.9 Å².